The van der Waals surface area contributed by atoms with E-state index in [0.717, 1.165) is 24.0 Å². The van der Waals surface area contributed by atoms with E-state index in [9.17, 15) is 15.0 Å². The molecular formula is C21H32O4. The predicted molar refractivity (Wildman–Crippen MR) is 101 cm³/mol. The number of methoxy groups -OCH3 is 1. The van der Waals surface area contributed by atoms with Gasteiger partial charge >= 0.3 is 5.97 Å². The Labute approximate surface area is 151 Å². The van der Waals surface area contributed by atoms with E-state index in [1.54, 1.807) is 13.0 Å². The van der Waals surface area contributed by atoms with Crippen LogP contribution < -0.4 is 0 Å². The highest BCUT2D eigenvalue weighted by molar-refractivity contribution is 5.83. The van der Waals surface area contributed by atoms with Crippen molar-refractivity contribution in [1.82, 2.24) is 0 Å². The quantitative estimate of drug-likeness (QED) is 0.450. The number of ether oxygens (including phenoxy) is 1. The summed E-state index contributed by atoms with van der Waals surface area (Å²) in [5, 5.41) is 21.9. The van der Waals surface area contributed by atoms with Gasteiger partial charge in [0.05, 0.1) is 12.7 Å². The fourth-order valence-corrected chi connectivity index (χ4v) is 3.34. The first-order valence-electron chi connectivity index (χ1n) is 8.70. The van der Waals surface area contributed by atoms with Crippen LogP contribution in [0.3, 0.4) is 0 Å². The van der Waals surface area contributed by atoms with Crippen molar-refractivity contribution in [3.63, 3.8) is 0 Å². The summed E-state index contributed by atoms with van der Waals surface area (Å²) in [6.07, 6.45) is 12.9. The molecule has 0 amide bonds. The molecule has 4 heteroatoms. The summed E-state index contributed by atoms with van der Waals surface area (Å²) in [5.74, 6) is -0.383. The zero-order chi connectivity index (χ0) is 19.3. The number of carbonyl (C=O) groups excluding carboxylic acids is 1. The molecule has 1 aliphatic rings. The van der Waals surface area contributed by atoms with E-state index >= 15 is 0 Å². The molecule has 0 spiro atoms. The molecule has 1 saturated carbocycles. The second-order valence-electron chi connectivity index (χ2n) is 7.79. The van der Waals surface area contributed by atoms with Crippen LogP contribution in [-0.4, -0.2) is 34.5 Å². The molecule has 25 heavy (non-hydrogen) atoms. The third-order valence-corrected chi connectivity index (χ3v) is 5.17. The molecule has 0 aromatic rings. The summed E-state index contributed by atoms with van der Waals surface area (Å²) in [7, 11) is 1.34. The van der Waals surface area contributed by atoms with E-state index in [4.69, 9.17) is 0 Å². The lowest BCUT2D eigenvalue weighted by Crippen LogP contribution is -2.62. The molecule has 0 heterocycles. The zero-order valence-electron chi connectivity index (χ0n) is 16.3. The van der Waals surface area contributed by atoms with Crippen molar-refractivity contribution >= 4 is 5.97 Å². The van der Waals surface area contributed by atoms with Gasteiger partial charge < -0.3 is 14.9 Å². The minimum Gasteiger partial charge on any atom is -0.466 e. The van der Waals surface area contributed by atoms with Gasteiger partial charge in [-0.25, -0.2) is 4.79 Å². The average molecular weight is 348 g/mol. The Morgan fingerprint density at radius 1 is 1.04 bits per heavy atom. The molecule has 2 atom stereocenters. The minimum absolute atomic E-state index is 0.383. The number of rotatable bonds is 5. The van der Waals surface area contributed by atoms with Crippen LogP contribution in [0.5, 0.6) is 0 Å². The fraction of sp³-hybridized carbons (Fsp3) is 0.571. The van der Waals surface area contributed by atoms with Crippen molar-refractivity contribution in [2.45, 2.75) is 65.1 Å². The van der Waals surface area contributed by atoms with Crippen LogP contribution in [0.15, 0.2) is 47.6 Å². The Balaban J connectivity index is 2.92. The highest BCUT2D eigenvalue weighted by atomic mass is 16.5. The van der Waals surface area contributed by atoms with Crippen molar-refractivity contribution in [2.75, 3.05) is 7.11 Å². The van der Waals surface area contributed by atoms with E-state index in [1.165, 1.54) is 13.2 Å². The number of hydrogen-bond donors (Lipinski definition) is 2. The van der Waals surface area contributed by atoms with Crippen LogP contribution in [0.25, 0.3) is 0 Å². The van der Waals surface area contributed by atoms with Crippen LogP contribution in [0, 0.1) is 5.41 Å². The van der Waals surface area contributed by atoms with Crippen LogP contribution >= 0.6 is 0 Å². The molecule has 0 unspecified atom stereocenters. The van der Waals surface area contributed by atoms with E-state index in [2.05, 4.69) is 4.74 Å². The topological polar surface area (TPSA) is 66.8 Å². The van der Waals surface area contributed by atoms with Gasteiger partial charge in [-0.05, 0) is 57.1 Å². The van der Waals surface area contributed by atoms with Gasteiger partial charge in [-0.3, -0.25) is 0 Å². The second-order valence-corrected chi connectivity index (χ2v) is 7.79. The molecular weight excluding hydrogens is 316 g/mol. The number of esters is 1. The van der Waals surface area contributed by atoms with Crippen LogP contribution in [-0.2, 0) is 9.53 Å². The molecule has 0 aromatic carbocycles. The van der Waals surface area contributed by atoms with Crippen molar-refractivity contribution < 1.29 is 19.7 Å². The van der Waals surface area contributed by atoms with Crippen molar-refractivity contribution in [2.24, 2.45) is 5.41 Å². The van der Waals surface area contributed by atoms with E-state index in [-0.39, 0.29) is 5.97 Å². The van der Waals surface area contributed by atoms with Gasteiger partial charge in [0.2, 0.25) is 0 Å². The maximum absolute atomic E-state index is 11.2. The first-order valence-corrected chi connectivity index (χ1v) is 8.70. The van der Waals surface area contributed by atoms with Crippen molar-refractivity contribution in [3.8, 4) is 0 Å². The third kappa shape index (κ3) is 5.16. The van der Waals surface area contributed by atoms with Gasteiger partial charge in [-0.15, -0.1) is 0 Å². The van der Waals surface area contributed by atoms with Gasteiger partial charge in [0, 0.05) is 6.08 Å². The predicted octanol–water partition coefficient (Wildman–Crippen LogP) is 3.86. The number of hydrogen-bond acceptors (Lipinski definition) is 4. The Morgan fingerprint density at radius 3 is 2.24 bits per heavy atom. The molecule has 0 radical (unpaired) electrons. The van der Waals surface area contributed by atoms with Crippen LogP contribution in [0.1, 0.15) is 53.9 Å². The molecule has 0 aliphatic heterocycles. The molecule has 0 aromatic heterocycles. The highest BCUT2D eigenvalue weighted by Gasteiger charge is 2.56. The van der Waals surface area contributed by atoms with E-state index in [0.29, 0.717) is 6.42 Å². The standard InChI is InChI=1S/C21H32O4/c1-16(9-7-10-17(2)15-18(22)25-6)11-14-21(24)19(3,4)12-8-13-20(21,5)23/h7,9-11,14-15,23-24H,8,12-13H2,1-6H3/b10-7+,14-11+,16-9+,17-15+/t20-,21+/m0/s1. The smallest absolute Gasteiger partial charge is 0.330 e. The first kappa shape index (κ1) is 21.4. The van der Waals surface area contributed by atoms with Crippen LogP contribution in [0.2, 0.25) is 0 Å². The second kappa shape index (κ2) is 8.15. The lowest BCUT2D eigenvalue weighted by molar-refractivity contribution is -0.194. The maximum atomic E-state index is 11.2. The molecule has 0 bridgehead atoms. The van der Waals surface area contributed by atoms with Gasteiger partial charge in [-0.1, -0.05) is 43.7 Å². The van der Waals surface area contributed by atoms with Crippen molar-refractivity contribution in [3.05, 3.63) is 47.6 Å². The lowest BCUT2D eigenvalue weighted by Gasteiger charge is -2.53. The Morgan fingerprint density at radius 2 is 1.68 bits per heavy atom. The van der Waals surface area contributed by atoms with Gasteiger partial charge in [0.1, 0.15) is 5.60 Å². The minimum atomic E-state index is -1.28. The lowest BCUT2D eigenvalue weighted by atomic mass is 9.58. The number of aliphatic hydroxyl groups is 2. The monoisotopic (exact) mass is 348 g/mol. The summed E-state index contributed by atoms with van der Waals surface area (Å²) in [6, 6.07) is 0. The highest BCUT2D eigenvalue weighted by Crippen LogP contribution is 2.50. The molecule has 2 N–H and O–H groups in total. The van der Waals surface area contributed by atoms with Gasteiger partial charge in [0.15, 0.2) is 0 Å². The van der Waals surface area contributed by atoms with E-state index in [1.807, 2.05) is 52.0 Å². The SMILES string of the molecule is COC(=O)/C=C(C)/C=C/C=C(C)/C=C/[C@@]1(O)C(C)(C)CCC[C@]1(C)O. The Kier molecular flexibility index (Phi) is 6.98. The largest absolute Gasteiger partial charge is 0.466 e. The Hall–Kier alpha value is -1.65. The molecule has 1 rings (SSSR count). The fourth-order valence-electron chi connectivity index (χ4n) is 3.34. The molecule has 0 saturated heterocycles. The summed E-state index contributed by atoms with van der Waals surface area (Å²) < 4.78 is 4.58. The van der Waals surface area contributed by atoms with Gasteiger partial charge in [-0.2, -0.15) is 0 Å². The first-order chi connectivity index (χ1) is 11.4. The summed E-state index contributed by atoms with van der Waals surface area (Å²) >= 11 is 0. The summed E-state index contributed by atoms with van der Waals surface area (Å²) in [5.41, 5.74) is -1.11. The molecule has 140 valence electrons. The molecule has 1 aliphatic carbocycles. The molecule has 1 fully saturated rings. The summed E-state index contributed by atoms with van der Waals surface area (Å²) in [6.45, 7) is 9.43. The third-order valence-electron chi connectivity index (χ3n) is 5.17. The maximum Gasteiger partial charge on any atom is 0.330 e. The Bertz CT molecular complexity index is 587. The zero-order valence-corrected chi connectivity index (χ0v) is 16.3. The number of allylic oxidation sites excluding steroid dienone is 6. The normalized spacial score (nSPS) is 30.9. The summed E-state index contributed by atoms with van der Waals surface area (Å²) in [4.78, 5) is 11.1. The number of carbonyl (C=O) groups is 1. The molecule has 4 nitrogen and oxygen atoms in total. The van der Waals surface area contributed by atoms with Crippen LogP contribution in [0.4, 0.5) is 0 Å². The van der Waals surface area contributed by atoms with Crippen molar-refractivity contribution in [1.29, 1.82) is 0 Å². The van der Waals surface area contributed by atoms with Gasteiger partial charge in [0.25, 0.3) is 0 Å². The average Bonchev–Trinajstić information content (AvgIpc) is 2.50. The van der Waals surface area contributed by atoms with E-state index < -0.39 is 16.6 Å².